The van der Waals surface area contributed by atoms with Crippen molar-refractivity contribution in [3.63, 3.8) is 0 Å². The third-order valence-corrected chi connectivity index (χ3v) is 27.7. The highest BCUT2D eigenvalue weighted by Crippen LogP contribution is 2.46. The fraction of sp³-hybridized carbons (Fsp3) is 0. The zero-order chi connectivity index (χ0) is 80.3. The molecule has 0 saturated carbocycles. The van der Waals surface area contributed by atoms with Gasteiger partial charge >= 0.3 is 0 Å². The Bertz CT molecular complexity index is 7900. The van der Waals surface area contributed by atoms with Gasteiger partial charge < -0.3 is 4.57 Å². The Morgan fingerprint density at radius 1 is 0.207 bits per heavy atom. The monoisotopic (exact) mass is 1620 g/mol. The molecule has 0 N–H and O–H groups in total. The number of thiophene rings is 1. The molecular formula is C104H63N12OPS3. The van der Waals surface area contributed by atoms with Crippen LogP contribution >= 0.6 is 41.9 Å². The van der Waals surface area contributed by atoms with Crippen molar-refractivity contribution in [1.29, 1.82) is 0 Å². The number of aromatic nitrogens is 12. The van der Waals surface area contributed by atoms with Gasteiger partial charge in [-0.2, -0.15) is 17.5 Å². The van der Waals surface area contributed by atoms with E-state index in [4.69, 9.17) is 39.9 Å². The van der Waals surface area contributed by atoms with Crippen molar-refractivity contribution in [2.75, 3.05) is 0 Å². The van der Waals surface area contributed by atoms with Gasteiger partial charge in [0.1, 0.15) is 22.1 Å². The number of para-hydroxylation sites is 2. The maximum atomic E-state index is 15.0. The van der Waals surface area contributed by atoms with Gasteiger partial charge in [0.05, 0.1) is 45.9 Å². The van der Waals surface area contributed by atoms with Crippen LogP contribution in [0.5, 0.6) is 0 Å². The minimum atomic E-state index is -3.14. The Morgan fingerprint density at radius 3 is 0.934 bits per heavy atom. The number of rotatable bonds is 14. The molecule has 0 radical (unpaired) electrons. The maximum Gasteiger partial charge on any atom is 0.171 e. The summed E-state index contributed by atoms with van der Waals surface area (Å²) >= 11 is 4.32. The quantitative estimate of drug-likeness (QED) is 0.0744. The Morgan fingerprint density at radius 2 is 0.521 bits per heavy atom. The SMILES string of the molecule is O=P(c1ccccc1)(c1ccccc1)c1ccc(-c2nc(-c3ccccc3)nc(-c3ccc(-c4ccc(-c5nc6ccccc6c6c5ccc5nsnc56)cc4)cc3)n2)cc1.c1ccc(-c2nc(-c3ccc(-c4ccc(-c5nc6ccccc6c6c5ccc5nsnc56)cc4)cc3)nc(-c3ccc(-c4cccc5c4sc4ccccc45)cc3)n2)cc1. The maximum absolute atomic E-state index is 15.0. The van der Waals surface area contributed by atoms with Crippen LogP contribution in [0.15, 0.2) is 382 Å². The summed E-state index contributed by atoms with van der Waals surface area (Å²) in [5.74, 6) is 3.56. The van der Waals surface area contributed by atoms with Gasteiger partial charge in [0.15, 0.2) is 42.1 Å². The molecule has 0 bridgehead atoms. The van der Waals surface area contributed by atoms with Crippen molar-refractivity contribution in [2.24, 2.45) is 0 Å². The van der Waals surface area contributed by atoms with E-state index >= 15 is 4.57 Å². The van der Waals surface area contributed by atoms with Crippen LogP contribution in [0, 0.1) is 0 Å². The van der Waals surface area contributed by atoms with E-state index in [2.05, 4.69) is 224 Å². The summed E-state index contributed by atoms with van der Waals surface area (Å²) in [5.41, 5.74) is 21.5. The highest BCUT2D eigenvalue weighted by Gasteiger charge is 2.30. The van der Waals surface area contributed by atoms with Crippen LogP contribution < -0.4 is 15.9 Å². The summed E-state index contributed by atoms with van der Waals surface area (Å²) in [7, 11) is -3.14. The van der Waals surface area contributed by atoms with Crippen molar-refractivity contribution in [2.45, 2.75) is 0 Å². The third-order valence-electron chi connectivity index (χ3n) is 22.4. The fourth-order valence-corrected chi connectivity index (χ4v) is 21.3. The first-order chi connectivity index (χ1) is 59.8. The van der Waals surface area contributed by atoms with Gasteiger partial charge in [0.2, 0.25) is 0 Å². The van der Waals surface area contributed by atoms with E-state index in [0.717, 1.165) is 165 Å². The molecule has 7 heterocycles. The number of nitrogens with zero attached hydrogens (tertiary/aromatic N) is 12. The predicted molar refractivity (Wildman–Crippen MR) is 499 cm³/mol. The predicted octanol–water partition coefficient (Wildman–Crippen LogP) is 25.5. The van der Waals surface area contributed by atoms with Crippen LogP contribution in [0.4, 0.5) is 0 Å². The van der Waals surface area contributed by atoms with Crippen molar-refractivity contribution >= 4 is 143 Å². The van der Waals surface area contributed by atoms with Gasteiger partial charge in [-0.15, -0.1) is 11.3 Å². The topological polar surface area (TPSA) is 172 Å². The molecular weight excluding hydrogens is 1560 g/mol. The molecule has 0 unspecified atom stereocenters. The van der Waals surface area contributed by atoms with Crippen LogP contribution in [-0.4, -0.2) is 57.4 Å². The summed E-state index contributed by atoms with van der Waals surface area (Å²) in [5, 5.41) is 11.4. The van der Waals surface area contributed by atoms with Crippen LogP contribution in [0.2, 0.25) is 0 Å². The van der Waals surface area contributed by atoms with Crippen LogP contribution in [0.25, 0.3) is 210 Å². The number of fused-ring (bicyclic) bond motifs is 13. The number of benzene rings is 16. The average Bonchev–Trinajstić information content (AvgIpc) is 1.72. The standard InChI is InChI=1S/C52H33N6OPS.C52H30N6S2/c59-60(40-14-6-2-7-15-40,41-16-8-3-9-17-41)42-30-28-39(29-31-42)52-55-50(37-12-4-1-5-13-37)54-51(56-52)38-26-22-35(23-27-38)34-20-24-36(25-21-34)48-44-32-33-46-49(58-61-57-46)47(44)43-18-10-11-19-45(43)53-48;1-2-9-35(10-3-1)50-54-51(56-52(55-50)37-27-21-33(22-28-37)38-13-8-14-40-39-11-5-7-16-45(39)59-49(38)40)36-25-19-32(20-26-36)31-17-23-34(24-18-31)47-42-29-30-44-48(58-60-57-44)46(42)41-12-4-6-15-43(41)53-47/h1-33H;1-30H. The number of hydrogen-bond acceptors (Lipinski definition) is 16. The first-order valence-corrected chi connectivity index (χ1v) is 43.6. The van der Waals surface area contributed by atoms with Crippen molar-refractivity contribution in [3.8, 4) is 124 Å². The van der Waals surface area contributed by atoms with E-state index < -0.39 is 7.14 Å². The molecule has 0 amide bonds. The lowest BCUT2D eigenvalue weighted by atomic mass is 9.97. The van der Waals surface area contributed by atoms with E-state index in [1.54, 1.807) is 0 Å². The largest absolute Gasteiger partial charge is 0.309 e. The molecule has 0 aliphatic carbocycles. The lowest BCUT2D eigenvalue weighted by Crippen LogP contribution is -2.24. The van der Waals surface area contributed by atoms with Gasteiger partial charge in [0, 0.05) is 113 Å². The molecule has 0 atom stereocenters. The van der Waals surface area contributed by atoms with Gasteiger partial charge in [-0.3, -0.25) is 0 Å². The summed E-state index contributed by atoms with van der Waals surface area (Å²) in [6, 6.07) is 130. The average molecular weight is 1620 g/mol. The van der Waals surface area contributed by atoms with Crippen molar-refractivity contribution in [1.82, 2.24) is 57.4 Å². The molecule has 23 rings (SSSR count). The first-order valence-electron chi connectivity index (χ1n) is 39.6. The second kappa shape index (κ2) is 30.8. The first kappa shape index (κ1) is 72.4. The molecule has 0 aliphatic rings. The molecule has 0 spiro atoms. The normalized spacial score (nSPS) is 11.7. The molecule has 17 heteroatoms. The number of pyridine rings is 2. The zero-order valence-electron chi connectivity index (χ0n) is 64.3. The van der Waals surface area contributed by atoms with Crippen LogP contribution in [0.1, 0.15) is 0 Å². The second-order valence-electron chi connectivity index (χ2n) is 29.5. The van der Waals surface area contributed by atoms with Gasteiger partial charge in [-0.05, 0) is 75.8 Å². The molecule has 16 aromatic carbocycles. The smallest absolute Gasteiger partial charge is 0.171 e. The highest BCUT2D eigenvalue weighted by atomic mass is 32.1. The summed E-state index contributed by atoms with van der Waals surface area (Å²) in [6.07, 6.45) is 0. The molecule has 7 aromatic heterocycles. The van der Waals surface area contributed by atoms with Crippen molar-refractivity contribution in [3.05, 3.63) is 382 Å². The minimum absolute atomic E-state index is 0.533. The molecule has 121 heavy (non-hydrogen) atoms. The van der Waals surface area contributed by atoms with E-state index in [1.165, 1.54) is 49.2 Å². The molecule has 23 aromatic rings. The van der Waals surface area contributed by atoms with E-state index in [-0.39, 0.29) is 0 Å². The van der Waals surface area contributed by atoms with E-state index in [9.17, 15) is 0 Å². The molecule has 568 valence electrons. The Hall–Kier alpha value is -15.0. The minimum Gasteiger partial charge on any atom is -0.309 e. The summed E-state index contributed by atoms with van der Waals surface area (Å²) in [4.78, 5) is 40.2. The lowest BCUT2D eigenvalue weighted by Gasteiger charge is -2.20. The van der Waals surface area contributed by atoms with E-state index in [1.807, 2.05) is 187 Å². The van der Waals surface area contributed by atoms with Gasteiger partial charge in [0.25, 0.3) is 0 Å². The van der Waals surface area contributed by atoms with Crippen molar-refractivity contribution < 1.29 is 4.57 Å². The Kier molecular flexibility index (Phi) is 18.4. The zero-order valence-corrected chi connectivity index (χ0v) is 67.7. The third kappa shape index (κ3) is 13.4. The number of hydrogen-bond donors (Lipinski definition) is 0. The fourth-order valence-electron chi connectivity index (χ4n) is 16.3. The lowest BCUT2D eigenvalue weighted by molar-refractivity contribution is 0.592. The molecule has 0 fully saturated rings. The van der Waals surface area contributed by atoms with Crippen LogP contribution in [-0.2, 0) is 4.57 Å². The van der Waals surface area contributed by atoms with Gasteiger partial charge in [-0.1, -0.05) is 340 Å². The highest BCUT2D eigenvalue weighted by molar-refractivity contribution is 7.85. The summed E-state index contributed by atoms with van der Waals surface area (Å²) in [6.45, 7) is 0. The second-order valence-corrected chi connectivity index (χ2v) is 34.4. The Labute approximate surface area is 706 Å². The van der Waals surface area contributed by atoms with Crippen LogP contribution in [0.3, 0.4) is 0 Å². The summed E-state index contributed by atoms with van der Waals surface area (Å²) < 4.78 is 36.0. The van der Waals surface area contributed by atoms with E-state index in [0.29, 0.717) is 34.9 Å². The van der Waals surface area contributed by atoms with Gasteiger partial charge in [-0.25, -0.2) is 39.9 Å². The molecule has 0 saturated heterocycles. The Balaban J connectivity index is 0.000000145. The molecule has 13 nitrogen and oxygen atoms in total. The molecule has 0 aliphatic heterocycles.